The number of aliphatic hydroxyl groups excluding tert-OH is 1. The maximum atomic E-state index is 9.78. The molecular weight excluding hydrogens is 190 g/mol. The van der Waals surface area contributed by atoms with Gasteiger partial charge in [-0.25, -0.2) is 4.98 Å². The summed E-state index contributed by atoms with van der Waals surface area (Å²) in [5.41, 5.74) is 0.711. The number of nitrogens with one attached hydrogen (secondary N) is 1. The van der Waals surface area contributed by atoms with Crippen LogP contribution in [0.3, 0.4) is 0 Å². The zero-order chi connectivity index (χ0) is 10.5. The Labute approximate surface area is 87.6 Å². The summed E-state index contributed by atoms with van der Waals surface area (Å²) in [6, 6.07) is 9.04. The second-order valence-electron chi connectivity index (χ2n) is 3.05. The van der Waals surface area contributed by atoms with E-state index in [0.29, 0.717) is 11.4 Å². The molecule has 1 atom stereocenters. The number of anilines is 1. The van der Waals surface area contributed by atoms with Gasteiger partial charge < -0.3 is 10.4 Å². The van der Waals surface area contributed by atoms with Crippen LogP contribution in [-0.4, -0.2) is 15.1 Å². The molecule has 4 nitrogen and oxygen atoms in total. The molecule has 2 aromatic heterocycles. The summed E-state index contributed by atoms with van der Waals surface area (Å²) in [5, 5.41) is 12.6. The molecule has 2 aromatic rings. The predicted molar refractivity (Wildman–Crippen MR) is 57.1 cm³/mol. The van der Waals surface area contributed by atoms with Crippen molar-refractivity contribution in [1.29, 1.82) is 0 Å². The maximum absolute atomic E-state index is 9.78. The Morgan fingerprint density at radius 1 is 1.13 bits per heavy atom. The van der Waals surface area contributed by atoms with Gasteiger partial charge in [0.2, 0.25) is 0 Å². The van der Waals surface area contributed by atoms with Crippen LogP contribution in [0.1, 0.15) is 11.8 Å². The molecule has 1 unspecified atom stereocenters. The largest absolute Gasteiger partial charge is 0.369 e. The lowest BCUT2D eigenvalue weighted by atomic mass is 10.2. The van der Waals surface area contributed by atoms with Crippen molar-refractivity contribution in [2.45, 2.75) is 6.23 Å². The van der Waals surface area contributed by atoms with Crippen molar-refractivity contribution < 1.29 is 5.11 Å². The van der Waals surface area contributed by atoms with Gasteiger partial charge >= 0.3 is 0 Å². The van der Waals surface area contributed by atoms with Crippen LogP contribution in [0.4, 0.5) is 5.82 Å². The lowest BCUT2D eigenvalue weighted by Gasteiger charge is -2.12. The van der Waals surface area contributed by atoms with Gasteiger partial charge in [-0.15, -0.1) is 0 Å². The van der Waals surface area contributed by atoms with Crippen LogP contribution in [0.5, 0.6) is 0 Å². The van der Waals surface area contributed by atoms with Crippen LogP contribution in [0.25, 0.3) is 0 Å². The number of pyridine rings is 2. The van der Waals surface area contributed by atoms with E-state index in [1.807, 2.05) is 12.1 Å². The van der Waals surface area contributed by atoms with Crippen molar-refractivity contribution in [2.24, 2.45) is 0 Å². The zero-order valence-electron chi connectivity index (χ0n) is 8.04. The van der Waals surface area contributed by atoms with Gasteiger partial charge in [0.25, 0.3) is 0 Å². The molecule has 15 heavy (non-hydrogen) atoms. The Bertz CT molecular complexity index is 405. The number of rotatable bonds is 3. The summed E-state index contributed by atoms with van der Waals surface area (Å²) in [5.74, 6) is 0.633. The number of nitrogens with zero attached hydrogens (tertiary/aromatic N) is 2. The average molecular weight is 201 g/mol. The molecule has 76 valence electrons. The molecule has 4 heteroatoms. The van der Waals surface area contributed by atoms with Crippen molar-refractivity contribution in [1.82, 2.24) is 9.97 Å². The van der Waals surface area contributed by atoms with Crippen LogP contribution in [0, 0.1) is 0 Å². The van der Waals surface area contributed by atoms with Gasteiger partial charge in [-0.1, -0.05) is 12.1 Å². The molecule has 0 aliphatic rings. The highest BCUT2D eigenvalue weighted by Crippen LogP contribution is 2.13. The molecule has 0 radical (unpaired) electrons. The molecule has 0 aliphatic heterocycles. The summed E-state index contributed by atoms with van der Waals surface area (Å²) in [7, 11) is 0. The number of aliphatic hydroxyl groups is 1. The Morgan fingerprint density at radius 2 is 2.07 bits per heavy atom. The van der Waals surface area contributed by atoms with Crippen LogP contribution < -0.4 is 5.32 Å². The third-order valence-electron chi connectivity index (χ3n) is 1.95. The van der Waals surface area contributed by atoms with Gasteiger partial charge in [0.1, 0.15) is 5.82 Å². The minimum absolute atomic E-state index is 0.633. The van der Waals surface area contributed by atoms with E-state index in [1.54, 1.807) is 36.8 Å². The van der Waals surface area contributed by atoms with Crippen molar-refractivity contribution in [3.8, 4) is 0 Å². The standard InChI is InChI=1S/C11H11N3O/c15-11(9-4-3-6-12-8-9)14-10-5-1-2-7-13-10/h1-8,11,15H,(H,13,14). The highest BCUT2D eigenvalue weighted by atomic mass is 16.3. The molecular formula is C11H11N3O. The molecule has 2 heterocycles. The minimum Gasteiger partial charge on any atom is -0.369 e. The SMILES string of the molecule is OC(Nc1ccccn1)c1cccnc1. The number of hydrogen-bond donors (Lipinski definition) is 2. The summed E-state index contributed by atoms with van der Waals surface area (Å²) in [6.07, 6.45) is 4.16. The molecule has 2 N–H and O–H groups in total. The summed E-state index contributed by atoms with van der Waals surface area (Å²) >= 11 is 0. The fourth-order valence-electron chi connectivity index (χ4n) is 1.21. The van der Waals surface area contributed by atoms with E-state index in [2.05, 4.69) is 15.3 Å². The fourth-order valence-corrected chi connectivity index (χ4v) is 1.21. The summed E-state index contributed by atoms with van der Waals surface area (Å²) < 4.78 is 0. The van der Waals surface area contributed by atoms with Gasteiger partial charge in [-0.05, 0) is 18.2 Å². The van der Waals surface area contributed by atoms with Crippen molar-refractivity contribution in [2.75, 3.05) is 5.32 Å². The highest BCUT2D eigenvalue weighted by molar-refractivity contribution is 5.35. The first kappa shape index (κ1) is 9.61. The van der Waals surface area contributed by atoms with E-state index in [1.165, 1.54) is 0 Å². The Balaban J connectivity index is 2.08. The van der Waals surface area contributed by atoms with E-state index >= 15 is 0 Å². The fraction of sp³-hybridized carbons (Fsp3) is 0.0909. The monoisotopic (exact) mass is 201 g/mol. The van der Waals surface area contributed by atoms with Gasteiger partial charge in [-0.2, -0.15) is 0 Å². The molecule has 0 saturated carbocycles. The minimum atomic E-state index is -0.784. The van der Waals surface area contributed by atoms with Crippen LogP contribution in [0.15, 0.2) is 48.9 Å². The predicted octanol–water partition coefficient (Wildman–Crippen LogP) is 1.58. The lowest BCUT2D eigenvalue weighted by molar-refractivity contribution is 0.207. The van der Waals surface area contributed by atoms with Crippen molar-refractivity contribution in [3.05, 3.63) is 54.5 Å². The topological polar surface area (TPSA) is 58.0 Å². The quantitative estimate of drug-likeness (QED) is 0.740. The van der Waals surface area contributed by atoms with E-state index in [-0.39, 0.29) is 0 Å². The first-order chi connectivity index (χ1) is 7.36. The van der Waals surface area contributed by atoms with E-state index in [0.717, 1.165) is 0 Å². The lowest BCUT2D eigenvalue weighted by Crippen LogP contribution is -2.10. The Hall–Kier alpha value is -1.94. The van der Waals surface area contributed by atoms with E-state index in [4.69, 9.17) is 0 Å². The molecule has 0 aliphatic carbocycles. The Kier molecular flexibility index (Phi) is 2.90. The van der Waals surface area contributed by atoms with Crippen LogP contribution >= 0.6 is 0 Å². The second kappa shape index (κ2) is 4.52. The van der Waals surface area contributed by atoms with E-state index < -0.39 is 6.23 Å². The van der Waals surface area contributed by atoms with Gasteiger partial charge in [-0.3, -0.25) is 4.98 Å². The average Bonchev–Trinajstić information content (AvgIpc) is 2.31. The first-order valence-corrected chi connectivity index (χ1v) is 4.62. The molecule has 0 aromatic carbocycles. The van der Waals surface area contributed by atoms with Crippen LogP contribution in [0.2, 0.25) is 0 Å². The Morgan fingerprint density at radius 3 is 2.73 bits per heavy atom. The third-order valence-corrected chi connectivity index (χ3v) is 1.95. The molecule has 0 saturated heterocycles. The summed E-state index contributed by atoms with van der Waals surface area (Å²) in [6.45, 7) is 0. The van der Waals surface area contributed by atoms with Crippen molar-refractivity contribution >= 4 is 5.82 Å². The van der Waals surface area contributed by atoms with Gasteiger partial charge in [0.15, 0.2) is 6.23 Å². The third kappa shape index (κ3) is 2.51. The van der Waals surface area contributed by atoms with Gasteiger partial charge in [0.05, 0.1) is 0 Å². The second-order valence-corrected chi connectivity index (χ2v) is 3.05. The van der Waals surface area contributed by atoms with Crippen LogP contribution in [-0.2, 0) is 0 Å². The molecule has 2 rings (SSSR count). The number of aromatic nitrogens is 2. The zero-order valence-corrected chi connectivity index (χ0v) is 8.04. The summed E-state index contributed by atoms with van der Waals surface area (Å²) in [4.78, 5) is 7.98. The molecule has 0 bridgehead atoms. The first-order valence-electron chi connectivity index (χ1n) is 4.62. The number of hydrogen-bond acceptors (Lipinski definition) is 4. The molecule has 0 fully saturated rings. The van der Waals surface area contributed by atoms with Gasteiger partial charge in [0, 0.05) is 24.2 Å². The molecule has 0 amide bonds. The van der Waals surface area contributed by atoms with E-state index in [9.17, 15) is 5.11 Å². The molecule has 0 spiro atoms. The highest BCUT2D eigenvalue weighted by Gasteiger charge is 2.06. The van der Waals surface area contributed by atoms with Crippen molar-refractivity contribution in [3.63, 3.8) is 0 Å². The smallest absolute Gasteiger partial charge is 0.153 e. The normalized spacial score (nSPS) is 12.1. The maximum Gasteiger partial charge on any atom is 0.153 e.